The highest BCUT2D eigenvalue weighted by atomic mass is 32.2. The highest BCUT2D eigenvalue weighted by Crippen LogP contribution is 2.72. The zero-order valence-electron chi connectivity index (χ0n) is 23.4. The van der Waals surface area contributed by atoms with E-state index in [1.54, 1.807) is 0 Å². The highest BCUT2D eigenvalue weighted by Gasteiger charge is 2.69. The Hall–Kier alpha value is -1.78. The Morgan fingerprint density at radius 2 is 1.65 bits per heavy atom. The summed E-state index contributed by atoms with van der Waals surface area (Å²) in [5, 5.41) is 9.75. The third kappa shape index (κ3) is 3.61. The summed E-state index contributed by atoms with van der Waals surface area (Å²) in [6.45, 7) is 13.1. The van der Waals surface area contributed by atoms with Crippen molar-refractivity contribution >= 4 is 21.6 Å². The molecule has 1 N–H and O–H groups in total. The summed E-state index contributed by atoms with van der Waals surface area (Å²) < 4.78 is 28.2. The zero-order valence-corrected chi connectivity index (χ0v) is 24.2. The van der Waals surface area contributed by atoms with E-state index in [1.807, 2.05) is 19.1 Å². The van der Waals surface area contributed by atoms with Crippen LogP contribution >= 0.6 is 0 Å². The molecule has 6 nitrogen and oxygen atoms in total. The number of Topliss-reactive ketones (excluding diaryl/α,β-unsaturated/α-hetero) is 1. The molecule has 202 valence electrons. The van der Waals surface area contributed by atoms with Gasteiger partial charge in [0.15, 0.2) is 11.6 Å². The van der Waals surface area contributed by atoms with E-state index in [0.717, 1.165) is 50.5 Å². The molecule has 8 unspecified atom stereocenters. The van der Waals surface area contributed by atoms with E-state index in [-0.39, 0.29) is 57.1 Å². The van der Waals surface area contributed by atoms with Crippen molar-refractivity contribution < 1.29 is 18.0 Å². The molecule has 7 heteroatoms. The van der Waals surface area contributed by atoms with Gasteiger partial charge in [0.25, 0.3) is 0 Å². The molecular weight excluding hydrogens is 484 g/mol. The van der Waals surface area contributed by atoms with Gasteiger partial charge < -0.3 is 0 Å². The highest BCUT2D eigenvalue weighted by molar-refractivity contribution is 7.88. The van der Waals surface area contributed by atoms with Gasteiger partial charge in [0.05, 0.1) is 11.8 Å². The van der Waals surface area contributed by atoms with Crippen molar-refractivity contribution in [1.29, 1.82) is 5.26 Å². The zero-order chi connectivity index (χ0) is 27.4. The maximum absolute atomic E-state index is 14.3. The van der Waals surface area contributed by atoms with E-state index in [0.29, 0.717) is 0 Å². The number of nitrogens with one attached hydrogen (secondary N) is 1. The van der Waals surface area contributed by atoms with Crippen molar-refractivity contribution in [2.24, 2.45) is 45.3 Å². The first kappa shape index (κ1) is 26.8. The van der Waals surface area contributed by atoms with Crippen LogP contribution in [0.5, 0.6) is 0 Å². The first-order valence-corrected chi connectivity index (χ1v) is 15.7. The summed E-state index contributed by atoms with van der Waals surface area (Å²) in [6, 6.07) is 2.13. The molecule has 0 saturated heterocycles. The topological polar surface area (TPSA) is 104 Å². The van der Waals surface area contributed by atoms with Crippen molar-refractivity contribution in [2.45, 2.75) is 92.0 Å². The Labute approximate surface area is 222 Å². The number of carbonyl (C=O) groups excluding carboxylic acids is 2. The summed E-state index contributed by atoms with van der Waals surface area (Å²) in [5.74, 6) is -0.532. The van der Waals surface area contributed by atoms with Gasteiger partial charge in [0.2, 0.25) is 10.0 Å². The average molecular weight is 527 g/mol. The van der Waals surface area contributed by atoms with Crippen LogP contribution in [0.2, 0.25) is 0 Å². The molecule has 3 fully saturated rings. The van der Waals surface area contributed by atoms with Gasteiger partial charge in [-0.3, -0.25) is 9.59 Å². The first-order chi connectivity index (χ1) is 16.9. The maximum Gasteiger partial charge on any atom is 0.209 e. The third-order valence-corrected chi connectivity index (χ3v) is 12.7. The predicted molar refractivity (Wildman–Crippen MR) is 143 cm³/mol. The lowest BCUT2D eigenvalue weighted by Gasteiger charge is -2.68. The average Bonchev–Trinajstić information content (AvgIpc) is 2.78. The van der Waals surface area contributed by atoms with Crippen LogP contribution in [-0.2, 0) is 19.6 Å². The lowest BCUT2D eigenvalue weighted by molar-refractivity contribution is -0.157. The van der Waals surface area contributed by atoms with Crippen LogP contribution in [0.3, 0.4) is 0 Å². The Bertz CT molecular complexity index is 1290. The number of allylic oxidation sites excluding steroid dienone is 4. The number of sulfonamides is 1. The van der Waals surface area contributed by atoms with Gasteiger partial charge >= 0.3 is 0 Å². The fourth-order valence-electron chi connectivity index (χ4n) is 9.80. The monoisotopic (exact) mass is 526 g/mol. The molecule has 0 amide bonds. The quantitative estimate of drug-likeness (QED) is 0.538. The van der Waals surface area contributed by atoms with Crippen LogP contribution in [0.15, 0.2) is 23.3 Å². The molecule has 5 aliphatic rings. The molecule has 8 atom stereocenters. The smallest absolute Gasteiger partial charge is 0.209 e. The third-order valence-electron chi connectivity index (χ3n) is 11.9. The molecule has 0 aromatic carbocycles. The van der Waals surface area contributed by atoms with E-state index < -0.39 is 21.0 Å². The molecule has 0 bridgehead atoms. The predicted octanol–water partition coefficient (Wildman–Crippen LogP) is 5.12. The normalized spacial score (nSPS) is 46.9. The molecule has 5 rings (SSSR count). The van der Waals surface area contributed by atoms with Crippen molar-refractivity contribution in [1.82, 2.24) is 4.72 Å². The van der Waals surface area contributed by atoms with E-state index in [2.05, 4.69) is 45.4 Å². The van der Waals surface area contributed by atoms with Crippen LogP contribution in [0, 0.1) is 56.7 Å². The Kier molecular flexibility index (Phi) is 5.71. The Morgan fingerprint density at radius 1 is 1.00 bits per heavy atom. The molecule has 5 aliphatic carbocycles. The second-order valence-corrected chi connectivity index (χ2v) is 16.2. The standard InChI is InChI=1S/C30H42N2O4S/c1-18-20-8-9-28(5)23(27(20,4)15-19(17-31)25(18)34)14-22(33)24-21-16-26(2,3)10-12-30(21,32-37(7,35)36)13-11-29(24,28)6/h14-15,18,20-21,24,32H,8-13,16H2,1-7H3. The van der Waals surface area contributed by atoms with Crippen LogP contribution in [-0.4, -0.2) is 31.8 Å². The van der Waals surface area contributed by atoms with Gasteiger partial charge in [0, 0.05) is 22.8 Å². The first-order valence-electron chi connectivity index (χ1n) is 13.9. The molecule has 0 aromatic heterocycles. The Morgan fingerprint density at radius 3 is 2.27 bits per heavy atom. The van der Waals surface area contributed by atoms with E-state index in [9.17, 15) is 23.3 Å². The molecule has 3 saturated carbocycles. The second-order valence-electron chi connectivity index (χ2n) is 14.4. The fourth-order valence-corrected chi connectivity index (χ4v) is 10.9. The fraction of sp³-hybridized carbons (Fsp3) is 0.767. The van der Waals surface area contributed by atoms with Crippen molar-refractivity contribution in [3.05, 3.63) is 23.3 Å². The van der Waals surface area contributed by atoms with Crippen LogP contribution in [0.25, 0.3) is 0 Å². The number of hydrogen-bond donors (Lipinski definition) is 1. The molecule has 0 radical (unpaired) electrons. The van der Waals surface area contributed by atoms with Gasteiger partial charge in [0.1, 0.15) is 6.07 Å². The van der Waals surface area contributed by atoms with Gasteiger partial charge in [-0.15, -0.1) is 0 Å². The van der Waals surface area contributed by atoms with Crippen LogP contribution in [0.1, 0.15) is 86.5 Å². The summed E-state index contributed by atoms with van der Waals surface area (Å²) >= 11 is 0. The van der Waals surface area contributed by atoms with Gasteiger partial charge in [-0.2, -0.15) is 5.26 Å². The number of hydrogen-bond acceptors (Lipinski definition) is 5. The molecule has 0 aliphatic heterocycles. The number of fused-ring (bicyclic) bond motifs is 7. The summed E-state index contributed by atoms with van der Waals surface area (Å²) in [4.78, 5) is 27.2. The van der Waals surface area contributed by atoms with Crippen molar-refractivity contribution in [3.63, 3.8) is 0 Å². The minimum absolute atomic E-state index is 0.0318. The van der Waals surface area contributed by atoms with Gasteiger partial charge in [-0.1, -0.05) is 53.2 Å². The molecule has 0 heterocycles. The lowest BCUT2D eigenvalue weighted by Crippen LogP contribution is -2.69. The van der Waals surface area contributed by atoms with Crippen molar-refractivity contribution in [3.8, 4) is 6.07 Å². The largest absolute Gasteiger partial charge is 0.295 e. The molecule has 37 heavy (non-hydrogen) atoms. The lowest BCUT2D eigenvalue weighted by atomic mass is 9.36. The minimum atomic E-state index is -3.45. The number of nitriles is 1. The number of nitrogens with zero attached hydrogens (tertiary/aromatic N) is 1. The minimum Gasteiger partial charge on any atom is -0.295 e. The molecule has 0 spiro atoms. The van der Waals surface area contributed by atoms with Gasteiger partial charge in [-0.25, -0.2) is 13.1 Å². The van der Waals surface area contributed by atoms with Gasteiger partial charge in [-0.05, 0) is 79.1 Å². The Balaban J connectivity index is 1.68. The van der Waals surface area contributed by atoms with E-state index in [1.165, 1.54) is 6.26 Å². The molecule has 0 aromatic rings. The SMILES string of the molecule is CC1C(=O)C(C#N)=CC2(C)C3=CC(=O)C4C5CC(C)(C)CCC5(NS(C)(=O)=O)CCC4(C)C3(C)CCC12. The number of rotatable bonds is 2. The number of carbonyl (C=O) groups is 2. The number of ketones is 2. The summed E-state index contributed by atoms with van der Waals surface area (Å²) in [6.07, 6.45) is 10.7. The maximum atomic E-state index is 14.3. The molecular formula is C30H42N2O4S. The second kappa shape index (κ2) is 7.88. The van der Waals surface area contributed by atoms with Crippen molar-refractivity contribution in [2.75, 3.05) is 6.26 Å². The van der Waals surface area contributed by atoms with Crippen LogP contribution in [0.4, 0.5) is 0 Å². The summed E-state index contributed by atoms with van der Waals surface area (Å²) in [5.41, 5.74) is -0.424. The van der Waals surface area contributed by atoms with E-state index in [4.69, 9.17) is 0 Å². The summed E-state index contributed by atoms with van der Waals surface area (Å²) in [7, 11) is -3.45. The van der Waals surface area contributed by atoms with Crippen LogP contribution < -0.4 is 4.72 Å². The van der Waals surface area contributed by atoms with E-state index >= 15 is 0 Å².